The molecule has 3 rings (SSSR count). The SMILES string of the molecule is CCCc1c(OCCCCCOc2coc(CO[C@H]3CCCCO3)cc2=O)ccc(C(C)=O)c1N. The molecule has 1 aromatic carbocycles. The number of nitrogen functional groups attached to an aromatic ring is 1. The van der Waals surface area contributed by atoms with E-state index in [0.29, 0.717) is 36.8 Å². The van der Waals surface area contributed by atoms with Gasteiger partial charge in [-0.15, -0.1) is 0 Å². The van der Waals surface area contributed by atoms with Crippen molar-refractivity contribution >= 4 is 11.5 Å². The predicted molar refractivity (Wildman–Crippen MR) is 133 cm³/mol. The van der Waals surface area contributed by atoms with Gasteiger partial charge in [0.15, 0.2) is 12.1 Å². The number of benzene rings is 1. The zero-order valence-electron chi connectivity index (χ0n) is 20.8. The lowest BCUT2D eigenvalue weighted by atomic mass is 10.0. The average Bonchev–Trinajstić information content (AvgIpc) is 2.85. The second-order valence-corrected chi connectivity index (χ2v) is 8.75. The maximum Gasteiger partial charge on any atom is 0.227 e. The normalized spacial score (nSPS) is 15.7. The van der Waals surface area contributed by atoms with Gasteiger partial charge < -0.3 is 29.1 Å². The molecule has 2 N–H and O–H groups in total. The minimum atomic E-state index is -0.232. The summed E-state index contributed by atoms with van der Waals surface area (Å²) in [6, 6.07) is 4.97. The lowest BCUT2D eigenvalue weighted by molar-refractivity contribution is -0.171. The average molecular weight is 488 g/mol. The zero-order chi connectivity index (χ0) is 25.0. The summed E-state index contributed by atoms with van der Waals surface area (Å²) in [5, 5.41) is 0. The molecule has 0 saturated carbocycles. The second kappa shape index (κ2) is 13.9. The van der Waals surface area contributed by atoms with E-state index < -0.39 is 0 Å². The third-order valence-electron chi connectivity index (χ3n) is 5.90. The summed E-state index contributed by atoms with van der Waals surface area (Å²) >= 11 is 0. The van der Waals surface area contributed by atoms with Crippen LogP contribution in [0, 0.1) is 0 Å². The lowest BCUT2D eigenvalue weighted by Crippen LogP contribution is -2.22. The predicted octanol–water partition coefficient (Wildman–Crippen LogP) is 5.05. The molecular weight excluding hydrogens is 450 g/mol. The molecule has 0 aliphatic carbocycles. The highest BCUT2D eigenvalue weighted by atomic mass is 16.7. The highest BCUT2D eigenvalue weighted by Crippen LogP contribution is 2.30. The van der Waals surface area contributed by atoms with Gasteiger partial charge in [-0.3, -0.25) is 9.59 Å². The minimum absolute atomic E-state index is 0.0440. The maximum absolute atomic E-state index is 12.3. The molecule has 35 heavy (non-hydrogen) atoms. The van der Waals surface area contributed by atoms with Crippen LogP contribution in [-0.2, 0) is 22.5 Å². The third-order valence-corrected chi connectivity index (χ3v) is 5.90. The van der Waals surface area contributed by atoms with Crippen LogP contribution in [0.15, 0.2) is 33.7 Å². The van der Waals surface area contributed by atoms with Crippen molar-refractivity contribution in [2.75, 3.05) is 25.6 Å². The van der Waals surface area contributed by atoms with Gasteiger partial charge in [-0.25, -0.2) is 0 Å². The van der Waals surface area contributed by atoms with E-state index in [9.17, 15) is 9.59 Å². The molecule has 1 fully saturated rings. The van der Waals surface area contributed by atoms with Gasteiger partial charge in [0.1, 0.15) is 24.4 Å². The number of ether oxygens (including phenoxy) is 4. The van der Waals surface area contributed by atoms with Gasteiger partial charge in [0.05, 0.1) is 13.2 Å². The van der Waals surface area contributed by atoms with E-state index in [0.717, 1.165) is 62.7 Å². The molecule has 0 bridgehead atoms. The van der Waals surface area contributed by atoms with Gasteiger partial charge in [-0.2, -0.15) is 0 Å². The van der Waals surface area contributed by atoms with Crippen LogP contribution in [0.25, 0.3) is 0 Å². The molecule has 8 heteroatoms. The first kappa shape index (κ1) is 26.8. The fraction of sp³-hybridized carbons (Fsp3) is 0.556. The fourth-order valence-electron chi connectivity index (χ4n) is 3.98. The number of hydrogen-bond donors (Lipinski definition) is 1. The van der Waals surface area contributed by atoms with Crippen LogP contribution in [0.2, 0.25) is 0 Å². The van der Waals surface area contributed by atoms with Crippen molar-refractivity contribution in [2.24, 2.45) is 0 Å². The summed E-state index contributed by atoms with van der Waals surface area (Å²) < 4.78 is 28.2. The van der Waals surface area contributed by atoms with Gasteiger partial charge in [-0.05, 0) is 64.0 Å². The number of nitrogens with two attached hydrogens (primary N) is 1. The summed E-state index contributed by atoms with van der Waals surface area (Å²) in [6.07, 6.45) is 8.26. The van der Waals surface area contributed by atoms with Crippen LogP contribution < -0.4 is 20.6 Å². The molecular formula is C27H37NO7. The van der Waals surface area contributed by atoms with E-state index in [2.05, 4.69) is 6.92 Å². The molecule has 1 atom stereocenters. The summed E-state index contributed by atoms with van der Waals surface area (Å²) in [4.78, 5) is 24.0. The lowest BCUT2D eigenvalue weighted by Gasteiger charge is -2.22. The number of Topliss-reactive ketones (excluding diaryl/α,β-unsaturated/α-hetero) is 1. The maximum atomic E-state index is 12.3. The van der Waals surface area contributed by atoms with Crippen LogP contribution in [0.3, 0.4) is 0 Å². The Hall–Kier alpha value is -2.84. The van der Waals surface area contributed by atoms with E-state index in [1.54, 1.807) is 6.07 Å². The fourth-order valence-corrected chi connectivity index (χ4v) is 3.98. The van der Waals surface area contributed by atoms with Gasteiger partial charge in [0, 0.05) is 29.5 Å². The van der Waals surface area contributed by atoms with Crippen molar-refractivity contribution in [3.05, 3.63) is 51.6 Å². The molecule has 1 aliphatic rings. The van der Waals surface area contributed by atoms with Crippen molar-refractivity contribution in [1.82, 2.24) is 0 Å². The molecule has 8 nitrogen and oxygen atoms in total. The summed E-state index contributed by atoms with van der Waals surface area (Å²) in [5.74, 6) is 1.34. The first-order chi connectivity index (χ1) is 17.0. The molecule has 0 amide bonds. The number of unbranched alkanes of at least 4 members (excludes halogenated alkanes) is 2. The topological polar surface area (TPSA) is 110 Å². The quantitative estimate of drug-likeness (QED) is 0.224. The Kier molecular flexibility index (Phi) is 10.6. The summed E-state index contributed by atoms with van der Waals surface area (Å²) in [6.45, 7) is 5.44. The Morgan fingerprint density at radius 2 is 1.89 bits per heavy atom. The standard InChI is InChI=1S/C27H37NO7/c1-3-9-22-24(12-11-21(19(2)29)27(22)28)31-13-6-4-7-14-32-25-18-34-20(16-23(25)30)17-35-26-10-5-8-15-33-26/h11-12,16,18,26H,3-10,13-15,17,28H2,1-2H3/t26-/m0/s1. The number of carbonyl (C=O) groups is 1. The molecule has 2 heterocycles. The molecule has 1 aromatic heterocycles. The molecule has 2 aromatic rings. The van der Waals surface area contributed by atoms with Gasteiger partial charge in [0.2, 0.25) is 11.2 Å². The van der Waals surface area contributed by atoms with E-state index in [1.165, 1.54) is 19.3 Å². The highest BCUT2D eigenvalue weighted by Gasteiger charge is 2.16. The molecule has 0 unspecified atom stereocenters. The van der Waals surface area contributed by atoms with Gasteiger partial charge in [0.25, 0.3) is 0 Å². The van der Waals surface area contributed by atoms with Crippen LogP contribution in [0.4, 0.5) is 5.69 Å². The van der Waals surface area contributed by atoms with Crippen LogP contribution in [0.1, 0.15) is 80.5 Å². The van der Waals surface area contributed by atoms with Gasteiger partial charge in [-0.1, -0.05) is 13.3 Å². The van der Waals surface area contributed by atoms with Crippen molar-refractivity contribution in [3.63, 3.8) is 0 Å². The number of hydrogen-bond acceptors (Lipinski definition) is 8. The second-order valence-electron chi connectivity index (χ2n) is 8.75. The molecule has 192 valence electrons. The Balaban J connectivity index is 1.36. The molecule has 0 spiro atoms. The number of anilines is 1. The number of ketones is 1. The monoisotopic (exact) mass is 487 g/mol. The smallest absolute Gasteiger partial charge is 0.227 e. The van der Waals surface area contributed by atoms with E-state index in [1.807, 2.05) is 6.07 Å². The Morgan fingerprint density at radius 3 is 2.54 bits per heavy atom. The van der Waals surface area contributed by atoms with Crippen molar-refractivity contribution in [1.29, 1.82) is 0 Å². The first-order valence-corrected chi connectivity index (χ1v) is 12.5. The molecule has 1 saturated heterocycles. The van der Waals surface area contributed by atoms with Crippen molar-refractivity contribution < 1.29 is 28.2 Å². The van der Waals surface area contributed by atoms with E-state index in [4.69, 9.17) is 29.1 Å². The number of rotatable bonds is 14. The largest absolute Gasteiger partial charge is 0.493 e. The molecule has 1 aliphatic heterocycles. The van der Waals surface area contributed by atoms with Gasteiger partial charge >= 0.3 is 0 Å². The third kappa shape index (κ3) is 8.11. The Bertz CT molecular complexity index is 1010. The Labute approximate surface area is 206 Å². The summed E-state index contributed by atoms with van der Waals surface area (Å²) in [7, 11) is 0. The zero-order valence-corrected chi connectivity index (χ0v) is 20.8. The summed E-state index contributed by atoms with van der Waals surface area (Å²) in [5.41, 5.74) is 7.94. The highest BCUT2D eigenvalue weighted by molar-refractivity contribution is 6.00. The Morgan fingerprint density at radius 1 is 1.11 bits per heavy atom. The first-order valence-electron chi connectivity index (χ1n) is 12.5. The minimum Gasteiger partial charge on any atom is -0.493 e. The van der Waals surface area contributed by atoms with Crippen LogP contribution >= 0.6 is 0 Å². The van der Waals surface area contributed by atoms with E-state index in [-0.39, 0.29) is 29.9 Å². The van der Waals surface area contributed by atoms with Crippen LogP contribution in [0.5, 0.6) is 11.5 Å². The number of carbonyl (C=O) groups excluding carboxylic acids is 1. The van der Waals surface area contributed by atoms with Crippen LogP contribution in [-0.4, -0.2) is 31.9 Å². The molecule has 0 radical (unpaired) electrons. The van der Waals surface area contributed by atoms with Crippen molar-refractivity contribution in [2.45, 2.75) is 78.1 Å². The van der Waals surface area contributed by atoms with Crippen molar-refractivity contribution in [3.8, 4) is 11.5 Å². The van der Waals surface area contributed by atoms with E-state index >= 15 is 0 Å².